The number of fused-ring (bicyclic) bond motifs is 1. The molecule has 0 fully saturated rings. The Hall–Kier alpha value is -3.64. The van der Waals surface area contributed by atoms with Crippen molar-refractivity contribution in [3.8, 4) is 5.69 Å². The summed E-state index contributed by atoms with van der Waals surface area (Å²) < 4.78 is 1.70. The van der Waals surface area contributed by atoms with E-state index >= 15 is 0 Å². The van der Waals surface area contributed by atoms with E-state index in [0.29, 0.717) is 5.82 Å². The Bertz CT molecular complexity index is 1230. The highest BCUT2D eigenvalue weighted by atomic mass is 16.3. The Morgan fingerprint density at radius 2 is 1.71 bits per heavy atom. The average Bonchev–Trinajstić information content (AvgIpc) is 3.18. The molecule has 6 heteroatoms. The lowest BCUT2D eigenvalue weighted by molar-refractivity contribution is 0.262. The number of rotatable bonds is 4. The Morgan fingerprint density at radius 1 is 0.968 bits per heavy atom. The number of urea groups is 1. The van der Waals surface area contributed by atoms with Gasteiger partial charge in [-0.1, -0.05) is 69.3 Å². The number of aromatic nitrogens is 2. The molecule has 4 aromatic rings. The molecular formula is C25H26N4O2. The average molecular weight is 415 g/mol. The van der Waals surface area contributed by atoms with Crippen molar-refractivity contribution in [2.75, 3.05) is 10.6 Å². The maximum absolute atomic E-state index is 12.9. The van der Waals surface area contributed by atoms with E-state index in [0.717, 1.165) is 33.4 Å². The van der Waals surface area contributed by atoms with Crippen molar-refractivity contribution < 1.29 is 9.90 Å². The van der Waals surface area contributed by atoms with Gasteiger partial charge in [-0.25, -0.2) is 9.48 Å². The Balaban J connectivity index is 1.66. The Kier molecular flexibility index (Phi) is 5.48. The molecule has 0 aliphatic heterocycles. The normalized spacial score (nSPS) is 11.5. The second-order valence-electron chi connectivity index (χ2n) is 8.51. The first-order valence-electron chi connectivity index (χ1n) is 10.2. The van der Waals surface area contributed by atoms with Crippen LogP contribution in [0, 0.1) is 0 Å². The zero-order chi connectivity index (χ0) is 22.0. The van der Waals surface area contributed by atoms with Gasteiger partial charge in [0.1, 0.15) is 5.82 Å². The van der Waals surface area contributed by atoms with E-state index < -0.39 is 0 Å². The van der Waals surface area contributed by atoms with Crippen molar-refractivity contribution in [2.24, 2.45) is 0 Å². The second-order valence-corrected chi connectivity index (χ2v) is 8.51. The molecule has 0 unspecified atom stereocenters. The number of hydrogen-bond acceptors (Lipinski definition) is 3. The standard InChI is InChI=1S/C25H26N4O2/c1-25(2,3)22-15-23(29(28-22)19-11-6-8-17(14-19)16-30)27-24(31)26-21-13-7-10-18-9-4-5-12-20(18)21/h4-15,30H,16H2,1-3H3,(H2,26,27,31). The van der Waals surface area contributed by atoms with Crippen LogP contribution in [0.25, 0.3) is 16.5 Å². The zero-order valence-electron chi connectivity index (χ0n) is 17.9. The zero-order valence-corrected chi connectivity index (χ0v) is 17.9. The first kappa shape index (κ1) is 20.6. The van der Waals surface area contributed by atoms with Crippen LogP contribution in [0.4, 0.5) is 16.3 Å². The molecule has 3 aromatic carbocycles. The van der Waals surface area contributed by atoms with Gasteiger partial charge >= 0.3 is 6.03 Å². The fourth-order valence-electron chi connectivity index (χ4n) is 3.42. The third-order valence-corrected chi connectivity index (χ3v) is 5.09. The van der Waals surface area contributed by atoms with Crippen molar-refractivity contribution in [2.45, 2.75) is 32.8 Å². The summed E-state index contributed by atoms with van der Waals surface area (Å²) in [5, 5.41) is 22.1. The predicted octanol–water partition coefficient (Wildman–Crippen LogP) is 5.46. The maximum atomic E-state index is 12.9. The van der Waals surface area contributed by atoms with Gasteiger partial charge in [0.25, 0.3) is 0 Å². The monoisotopic (exact) mass is 414 g/mol. The van der Waals surface area contributed by atoms with Gasteiger partial charge in [0.2, 0.25) is 0 Å². The number of nitrogens with one attached hydrogen (secondary N) is 2. The van der Waals surface area contributed by atoms with Gasteiger partial charge in [0, 0.05) is 16.9 Å². The minimum absolute atomic E-state index is 0.0639. The summed E-state index contributed by atoms with van der Waals surface area (Å²) in [5.41, 5.74) is 2.93. The summed E-state index contributed by atoms with van der Waals surface area (Å²) in [6.45, 7) is 6.16. The molecule has 0 radical (unpaired) electrons. The van der Waals surface area contributed by atoms with Crippen LogP contribution in [-0.2, 0) is 12.0 Å². The molecule has 0 saturated carbocycles. The van der Waals surface area contributed by atoms with Crippen LogP contribution in [0.1, 0.15) is 32.0 Å². The minimum atomic E-state index is -0.351. The van der Waals surface area contributed by atoms with E-state index in [1.165, 1.54) is 0 Å². The second kappa shape index (κ2) is 8.24. The Labute approximate surface area is 181 Å². The third-order valence-electron chi connectivity index (χ3n) is 5.09. The molecule has 31 heavy (non-hydrogen) atoms. The molecule has 0 bridgehead atoms. The Morgan fingerprint density at radius 3 is 2.48 bits per heavy atom. The van der Waals surface area contributed by atoms with E-state index in [4.69, 9.17) is 5.10 Å². The van der Waals surface area contributed by atoms with Crippen molar-refractivity contribution in [1.82, 2.24) is 9.78 Å². The number of hydrogen-bond donors (Lipinski definition) is 3. The number of nitrogens with zero attached hydrogens (tertiary/aromatic N) is 2. The van der Waals surface area contributed by atoms with Crippen molar-refractivity contribution in [1.29, 1.82) is 0 Å². The number of aliphatic hydroxyl groups is 1. The van der Waals surface area contributed by atoms with Gasteiger partial charge in [-0.05, 0) is 29.1 Å². The van der Waals surface area contributed by atoms with Crippen LogP contribution in [0.2, 0.25) is 0 Å². The molecule has 0 aliphatic rings. The summed E-state index contributed by atoms with van der Waals surface area (Å²) in [6.07, 6.45) is 0. The van der Waals surface area contributed by atoms with Crippen molar-refractivity contribution >= 4 is 28.3 Å². The summed E-state index contributed by atoms with van der Waals surface area (Å²) >= 11 is 0. The van der Waals surface area contributed by atoms with Gasteiger partial charge in [-0.3, -0.25) is 5.32 Å². The molecule has 2 amide bonds. The number of carbonyl (C=O) groups excluding carboxylic acids is 1. The highest BCUT2D eigenvalue weighted by Crippen LogP contribution is 2.27. The summed E-state index contributed by atoms with van der Waals surface area (Å²) in [4.78, 5) is 12.9. The minimum Gasteiger partial charge on any atom is -0.392 e. The highest BCUT2D eigenvalue weighted by molar-refractivity contribution is 6.06. The number of aliphatic hydroxyl groups excluding tert-OH is 1. The summed E-state index contributed by atoms with van der Waals surface area (Å²) in [5.74, 6) is 0.553. The first-order valence-corrected chi connectivity index (χ1v) is 10.2. The molecule has 0 spiro atoms. The molecule has 1 heterocycles. The van der Waals surface area contributed by atoms with Gasteiger partial charge in [-0.2, -0.15) is 5.10 Å². The van der Waals surface area contributed by atoms with E-state index in [1.54, 1.807) is 4.68 Å². The topological polar surface area (TPSA) is 79.2 Å². The van der Waals surface area contributed by atoms with E-state index in [9.17, 15) is 9.90 Å². The third kappa shape index (κ3) is 4.44. The molecule has 0 saturated heterocycles. The summed E-state index contributed by atoms with van der Waals surface area (Å²) in [6, 6.07) is 22.7. The van der Waals surface area contributed by atoms with Crippen molar-refractivity contribution in [3.63, 3.8) is 0 Å². The number of carbonyl (C=O) groups is 1. The van der Waals surface area contributed by atoms with Crippen molar-refractivity contribution in [3.05, 3.63) is 84.1 Å². The van der Waals surface area contributed by atoms with Gasteiger partial charge in [-0.15, -0.1) is 0 Å². The van der Waals surface area contributed by atoms with Crippen LogP contribution in [0.15, 0.2) is 72.8 Å². The largest absolute Gasteiger partial charge is 0.392 e. The van der Waals surface area contributed by atoms with Crippen LogP contribution >= 0.6 is 0 Å². The van der Waals surface area contributed by atoms with E-state index in [-0.39, 0.29) is 18.1 Å². The quantitative estimate of drug-likeness (QED) is 0.415. The summed E-state index contributed by atoms with van der Waals surface area (Å²) in [7, 11) is 0. The molecule has 0 atom stereocenters. The SMILES string of the molecule is CC(C)(C)c1cc(NC(=O)Nc2cccc3ccccc23)n(-c2cccc(CO)c2)n1. The van der Waals surface area contributed by atoms with Gasteiger partial charge in [0.15, 0.2) is 0 Å². The molecule has 3 N–H and O–H groups in total. The molecule has 158 valence electrons. The fraction of sp³-hybridized carbons (Fsp3) is 0.200. The lowest BCUT2D eigenvalue weighted by atomic mass is 9.92. The number of benzene rings is 3. The van der Waals surface area contributed by atoms with Gasteiger partial charge < -0.3 is 10.4 Å². The molecule has 6 nitrogen and oxygen atoms in total. The predicted molar refractivity (Wildman–Crippen MR) is 125 cm³/mol. The van der Waals surface area contributed by atoms with Crippen LogP contribution in [0.3, 0.4) is 0 Å². The molecular weight excluding hydrogens is 388 g/mol. The molecule has 1 aromatic heterocycles. The highest BCUT2D eigenvalue weighted by Gasteiger charge is 2.21. The van der Waals surface area contributed by atoms with Crippen LogP contribution in [0.5, 0.6) is 0 Å². The fourth-order valence-corrected chi connectivity index (χ4v) is 3.42. The lowest BCUT2D eigenvalue weighted by Gasteiger charge is -2.14. The van der Waals surface area contributed by atoms with Crippen LogP contribution in [-0.4, -0.2) is 20.9 Å². The number of anilines is 2. The van der Waals surface area contributed by atoms with Crippen LogP contribution < -0.4 is 10.6 Å². The number of amides is 2. The molecule has 0 aliphatic carbocycles. The molecule has 4 rings (SSSR count). The van der Waals surface area contributed by atoms with E-state index in [1.807, 2.05) is 72.8 Å². The van der Waals surface area contributed by atoms with Gasteiger partial charge in [0.05, 0.1) is 23.7 Å². The first-order chi connectivity index (χ1) is 14.8. The maximum Gasteiger partial charge on any atom is 0.324 e. The van der Waals surface area contributed by atoms with E-state index in [2.05, 4.69) is 31.4 Å². The smallest absolute Gasteiger partial charge is 0.324 e. The lowest BCUT2D eigenvalue weighted by Crippen LogP contribution is -2.21.